The molecule has 0 spiro atoms. The molecule has 1 rings (SSSR count). The summed E-state index contributed by atoms with van der Waals surface area (Å²) in [6.07, 6.45) is 0.510. The molecule has 4 heteroatoms. The zero-order valence-electron chi connectivity index (χ0n) is 10.0. The Morgan fingerprint density at radius 3 is 2.50 bits per heavy atom. The lowest BCUT2D eigenvalue weighted by Crippen LogP contribution is -2.45. The zero-order chi connectivity index (χ0) is 12.3. The molecule has 1 unspecified atom stereocenters. The first-order valence-corrected chi connectivity index (χ1v) is 5.29. The standard InChI is InChI=1S/C12H19N3O/c1-7-4-5-10(9(3)8(7)2)6-11(13)12(16)15-14/h4-5,11H,6,13-14H2,1-3H3,(H,15,16). The Bertz CT molecular complexity index is 401. The van der Waals surface area contributed by atoms with E-state index in [1.165, 1.54) is 16.7 Å². The van der Waals surface area contributed by atoms with Gasteiger partial charge in [-0.25, -0.2) is 5.84 Å². The summed E-state index contributed by atoms with van der Waals surface area (Å²) in [6, 6.07) is 3.47. The second-order valence-electron chi connectivity index (χ2n) is 4.11. The summed E-state index contributed by atoms with van der Waals surface area (Å²) >= 11 is 0. The van der Waals surface area contributed by atoms with Gasteiger partial charge in [0.2, 0.25) is 0 Å². The van der Waals surface area contributed by atoms with Crippen molar-refractivity contribution >= 4 is 5.91 Å². The quantitative estimate of drug-likeness (QED) is 0.394. The molecule has 0 aromatic heterocycles. The molecule has 16 heavy (non-hydrogen) atoms. The molecular formula is C12H19N3O. The molecule has 0 bridgehead atoms. The van der Waals surface area contributed by atoms with Crippen molar-refractivity contribution in [1.82, 2.24) is 5.43 Å². The number of aryl methyl sites for hydroxylation is 1. The van der Waals surface area contributed by atoms with Crippen molar-refractivity contribution in [2.24, 2.45) is 11.6 Å². The molecule has 0 radical (unpaired) electrons. The Morgan fingerprint density at radius 2 is 1.94 bits per heavy atom. The fraction of sp³-hybridized carbons (Fsp3) is 0.417. The third-order valence-corrected chi connectivity index (χ3v) is 3.09. The first-order valence-electron chi connectivity index (χ1n) is 5.29. The number of nitrogens with one attached hydrogen (secondary N) is 1. The van der Waals surface area contributed by atoms with E-state index < -0.39 is 6.04 Å². The molecule has 1 atom stereocenters. The van der Waals surface area contributed by atoms with Crippen molar-refractivity contribution in [3.05, 3.63) is 34.4 Å². The van der Waals surface area contributed by atoms with Crippen LogP contribution in [0, 0.1) is 20.8 Å². The second kappa shape index (κ2) is 5.09. The van der Waals surface area contributed by atoms with Gasteiger partial charge in [0.05, 0.1) is 6.04 Å². The van der Waals surface area contributed by atoms with Crippen molar-refractivity contribution in [2.45, 2.75) is 33.2 Å². The maximum Gasteiger partial charge on any atom is 0.251 e. The highest BCUT2D eigenvalue weighted by molar-refractivity contribution is 5.81. The molecule has 0 aliphatic carbocycles. The fourth-order valence-electron chi connectivity index (χ4n) is 1.67. The number of hydrazine groups is 1. The Balaban J connectivity index is 2.90. The molecule has 0 fully saturated rings. The number of hydrogen-bond donors (Lipinski definition) is 3. The van der Waals surface area contributed by atoms with E-state index in [1.807, 2.05) is 19.1 Å². The van der Waals surface area contributed by atoms with E-state index in [2.05, 4.69) is 19.3 Å². The van der Waals surface area contributed by atoms with Gasteiger partial charge in [-0.2, -0.15) is 0 Å². The molecule has 1 amide bonds. The van der Waals surface area contributed by atoms with Crippen molar-refractivity contribution in [3.8, 4) is 0 Å². The SMILES string of the molecule is Cc1ccc(CC(N)C(=O)NN)c(C)c1C. The Labute approximate surface area is 96.0 Å². The van der Waals surface area contributed by atoms with Gasteiger partial charge in [0.1, 0.15) is 0 Å². The van der Waals surface area contributed by atoms with Crippen LogP contribution in [0.4, 0.5) is 0 Å². The lowest BCUT2D eigenvalue weighted by molar-refractivity contribution is -0.122. The van der Waals surface area contributed by atoms with E-state index in [1.54, 1.807) is 0 Å². The smallest absolute Gasteiger partial charge is 0.251 e. The molecule has 0 saturated carbocycles. The maximum atomic E-state index is 11.2. The summed E-state index contributed by atoms with van der Waals surface area (Å²) in [5, 5.41) is 0. The predicted octanol–water partition coefficient (Wildman–Crippen LogP) is 0.472. The number of carbonyl (C=O) groups excluding carboxylic acids is 1. The zero-order valence-corrected chi connectivity index (χ0v) is 10.0. The van der Waals surface area contributed by atoms with E-state index in [0.717, 1.165) is 5.56 Å². The Morgan fingerprint density at radius 1 is 1.31 bits per heavy atom. The van der Waals surface area contributed by atoms with Crippen LogP contribution in [0.1, 0.15) is 22.3 Å². The molecule has 1 aromatic rings. The first-order chi connectivity index (χ1) is 7.47. The average Bonchev–Trinajstić information content (AvgIpc) is 2.28. The van der Waals surface area contributed by atoms with E-state index in [-0.39, 0.29) is 5.91 Å². The average molecular weight is 221 g/mol. The van der Waals surface area contributed by atoms with Crippen molar-refractivity contribution in [2.75, 3.05) is 0 Å². The second-order valence-corrected chi connectivity index (χ2v) is 4.11. The van der Waals surface area contributed by atoms with Crippen molar-refractivity contribution in [3.63, 3.8) is 0 Å². The van der Waals surface area contributed by atoms with E-state index in [4.69, 9.17) is 11.6 Å². The molecule has 1 aromatic carbocycles. The molecule has 4 nitrogen and oxygen atoms in total. The van der Waals surface area contributed by atoms with E-state index in [0.29, 0.717) is 6.42 Å². The van der Waals surface area contributed by atoms with Crippen LogP contribution < -0.4 is 17.0 Å². The predicted molar refractivity (Wildman–Crippen MR) is 64.7 cm³/mol. The van der Waals surface area contributed by atoms with Gasteiger partial charge >= 0.3 is 0 Å². The molecular weight excluding hydrogens is 202 g/mol. The summed E-state index contributed by atoms with van der Waals surface area (Å²) in [5.74, 6) is 4.70. The van der Waals surface area contributed by atoms with Gasteiger partial charge in [-0.15, -0.1) is 0 Å². The lowest BCUT2D eigenvalue weighted by Gasteiger charge is -2.14. The molecule has 0 heterocycles. The normalized spacial score (nSPS) is 12.3. The molecule has 0 aliphatic heterocycles. The third-order valence-electron chi connectivity index (χ3n) is 3.09. The largest absolute Gasteiger partial charge is 0.320 e. The minimum absolute atomic E-state index is 0.336. The van der Waals surface area contributed by atoms with Gasteiger partial charge in [0, 0.05) is 0 Å². The monoisotopic (exact) mass is 221 g/mol. The van der Waals surface area contributed by atoms with Crippen LogP contribution in [-0.2, 0) is 11.2 Å². The van der Waals surface area contributed by atoms with Gasteiger partial charge < -0.3 is 5.73 Å². The number of hydrogen-bond acceptors (Lipinski definition) is 3. The third kappa shape index (κ3) is 2.59. The number of rotatable bonds is 3. The highest BCUT2D eigenvalue weighted by atomic mass is 16.2. The van der Waals surface area contributed by atoms with E-state index >= 15 is 0 Å². The van der Waals surface area contributed by atoms with Gasteiger partial charge in [0.25, 0.3) is 5.91 Å². The lowest BCUT2D eigenvalue weighted by atomic mass is 9.95. The minimum Gasteiger partial charge on any atom is -0.320 e. The summed E-state index contributed by atoms with van der Waals surface area (Å²) in [6.45, 7) is 6.19. The first kappa shape index (κ1) is 12.7. The molecule has 0 aliphatic rings. The van der Waals surface area contributed by atoms with Crippen molar-refractivity contribution in [1.29, 1.82) is 0 Å². The van der Waals surface area contributed by atoms with Crippen LogP contribution in [0.25, 0.3) is 0 Å². The highest BCUT2D eigenvalue weighted by Crippen LogP contribution is 2.18. The Hall–Kier alpha value is -1.39. The molecule has 88 valence electrons. The van der Waals surface area contributed by atoms with Crippen LogP contribution in [0.15, 0.2) is 12.1 Å². The maximum absolute atomic E-state index is 11.2. The van der Waals surface area contributed by atoms with Gasteiger partial charge in [-0.1, -0.05) is 12.1 Å². The summed E-state index contributed by atoms with van der Waals surface area (Å²) in [7, 11) is 0. The van der Waals surface area contributed by atoms with Gasteiger partial charge in [-0.3, -0.25) is 10.2 Å². The van der Waals surface area contributed by atoms with Crippen LogP contribution in [0.2, 0.25) is 0 Å². The Kier molecular flexibility index (Phi) is 4.04. The topological polar surface area (TPSA) is 81.1 Å². The number of benzene rings is 1. The van der Waals surface area contributed by atoms with Crippen LogP contribution in [-0.4, -0.2) is 11.9 Å². The van der Waals surface area contributed by atoms with E-state index in [9.17, 15) is 4.79 Å². The summed E-state index contributed by atoms with van der Waals surface area (Å²) in [4.78, 5) is 11.2. The van der Waals surface area contributed by atoms with Crippen LogP contribution in [0.3, 0.4) is 0 Å². The molecule has 5 N–H and O–H groups in total. The minimum atomic E-state index is -0.592. The summed E-state index contributed by atoms with van der Waals surface area (Å²) in [5.41, 5.74) is 12.6. The van der Waals surface area contributed by atoms with Crippen molar-refractivity contribution < 1.29 is 4.79 Å². The van der Waals surface area contributed by atoms with Gasteiger partial charge in [0.15, 0.2) is 0 Å². The van der Waals surface area contributed by atoms with Crippen LogP contribution >= 0.6 is 0 Å². The number of nitrogens with two attached hydrogens (primary N) is 2. The number of amides is 1. The van der Waals surface area contributed by atoms with Crippen LogP contribution in [0.5, 0.6) is 0 Å². The van der Waals surface area contributed by atoms with Gasteiger partial charge in [-0.05, 0) is 49.4 Å². The summed E-state index contributed by atoms with van der Waals surface area (Å²) < 4.78 is 0. The fourth-order valence-corrected chi connectivity index (χ4v) is 1.67. The highest BCUT2D eigenvalue weighted by Gasteiger charge is 2.14. The molecule has 0 saturated heterocycles. The number of carbonyl (C=O) groups is 1.